The van der Waals surface area contributed by atoms with Crippen molar-refractivity contribution in [3.8, 4) is 0 Å². The summed E-state index contributed by atoms with van der Waals surface area (Å²) in [6.07, 6.45) is 2.59. The van der Waals surface area contributed by atoms with Crippen molar-refractivity contribution in [1.82, 2.24) is 5.32 Å². The van der Waals surface area contributed by atoms with Crippen molar-refractivity contribution in [2.75, 3.05) is 20.2 Å². The minimum Gasteiger partial charge on any atom is -0.476 e. The first-order valence-electron chi connectivity index (χ1n) is 5.59. The van der Waals surface area contributed by atoms with Crippen molar-refractivity contribution in [3.05, 3.63) is 11.9 Å². The highest BCUT2D eigenvalue weighted by molar-refractivity contribution is 5.93. The zero-order valence-corrected chi connectivity index (χ0v) is 10.2. The van der Waals surface area contributed by atoms with Crippen LogP contribution in [0.25, 0.3) is 0 Å². The standard InChI is InChI=1S/C9H17N3O.C2H6/c1-3-7-5-12-9(13-6-7)8(4-10)11-2;1-2/h4,7,11H,3,5-6,10H2,1-2H3;1-2H3/b8-4+;. The summed E-state index contributed by atoms with van der Waals surface area (Å²) in [7, 11) is 1.80. The number of likely N-dealkylation sites (N-methyl/N-ethyl adjacent to an activating group) is 1. The van der Waals surface area contributed by atoms with Crippen molar-refractivity contribution < 1.29 is 4.74 Å². The Hall–Kier alpha value is -1.19. The van der Waals surface area contributed by atoms with Gasteiger partial charge in [-0.15, -0.1) is 0 Å². The summed E-state index contributed by atoms with van der Waals surface area (Å²) < 4.78 is 5.46. The van der Waals surface area contributed by atoms with Crippen LogP contribution >= 0.6 is 0 Å². The Kier molecular flexibility index (Phi) is 7.50. The normalized spacial score (nSPS) is 20.7. The monoisotopic (exact) mass is 213 g/mol. The highest BCUT2D eigenvalue weighted by Crippen LogP contribution is 2.11. The van der Waals surface area contributed by atoms with Crippen molar-refractivity contribution in [3.63, 3.8) is 0 Å². The van der Waals surface area contributed by atoms with Gasteiger partial charge in [0.15, 0.2) is 0 Å². The van der Waals surface area contributed by atoms with Crippen LogP contribution in [0.2, 0.25) is 0 Å². The lowest BCUT2D eigenvalue weighted by Gasteiger charge is -2.21. The van der Waals surface area contributed by atoms with Gasteiger partial charge in [-0.2, -0.15) is 0 Å². The Labute approximate surface area is 92.6 Å². The number of aliphatic imine (C=N–C) groups is 1. The smallest absolute Gasteiger partial charge is 0.234 e. The molecule has 1 aliphatic heterocycles. The van der Waals surface area contributed by atoms with Gasteiger partial charge in [0.1, 0.15) is 5.70 Å². The molecule has 1 unspecified atom stereocenters. The average Bonchev–Trinajstić information content (AvgIpc) is 2.34. The fraction of sp³-hybridized carbons (Fsp3) is 0.727. The van der Waals surface area contributed by atoms with Crippen LogP contribution in [0, 0.1) is 5.92 Å². The van der Waals surface area contributed by atoms with Gasteiger partial charge in [0.2, 0.25) is 5.90 Å². The molecule has 0 saturated carbocycles. The second-order valence-electron chi connectivity index (χ2n) is 3.06. The van der Waals surface area contributed by atoms with Crippen LogP contribution in [0.1, 0.15) is 27.2 Å². The molecule has 1 rings (SSSR count). The molecule has 15 heavy (non-hydrogen) atoms. The number of hydrogen-bond acceptors (Lipinski definition) is 4. The average molecular weight is 213 g/mol. The van der Waals surface area contributed by atoms with Crippen LogP contribution < -0.4 is 11.1 Å². The van der Waals surface area contributed by atoms with Gasteiger partial charge in [0.25, 0.3) is 0 Å². The van der Waals surface area contributed by atoms with E-state index in [1.807, 2.05) is 13.8 Å². The van der Waals surface area contributed by atoms with E-state index in [4.69, 9.17) is 10.5 Å². The number of hydrogen-bond donors (Lipinski definition) is 2. The van der Waals surface area contributed by atoms with Crippen molar-refractivity contribution in [1.29, 1.82) is 0 Å². The van der Waals surface area contributed by atoms with E-state index < -0.39 is 0 Å². The van der Waals surface area contributed by atoms with E-state index in [0.29, 0.717) is 11.8 Å². The Morgan fingerprint density at radius 1 is 1.67 bits per heavy atom. The minimum absolute atomic E-state index is 0.555. The van der Waals surface area contributed by atoms with E-state index in [9.17, 15) is 0 Å². The summed E-state index contributed by atoms with van der Waals surface area (Å²) in [5, 5.41) is 2.93. The fourth-order valence-corrected chi connectivity index (χ4v) is 1.18. The van der Waals surface area contributed by atoms with Crippen molar-refractivity contribution in [2.24, 2.45) is 16.6 Å². The first kappa shape index (κ1) is 13.8. The zero-order chi connectivity index (χ0) is 11.7. The molecule has 0 spiro atoms. The maximum absolute atomic E-state index is 5.46. The molecule has 0 fully saturated rings. The minimum atomic E-state index is 0.555. The Morgan fingerprint density at radius 2 is 2.33 bits per heavy atom. The van der Waals surface area contributed by atoms with Gasteiger partial charge in [-0.1, -0.05) is 20.8 Å². The molecular weight excluding hydrogens is 190 g/mol. The maximum atomic E-state index is 5.46. The number of nitrogens with two attached hydrogens (primary N) is 1. The summed E-state index contributed by atoms with van der Waals surface area (Å²) in [6.45, 7) is 7.73. The molecule has 0 bridgehead atoms. The lowest BCUT2D eigenvalue weighted by atomic mass is 10.1. The third-order valence-corrected chi connectivity index (χ3v) is 2.19. The Bertz CT molecular complexity index is 224. The molecule has 0 aromatic rings. The fourth-order valence-electron chi connectivity index (χ4n) is 1.18. The molecule has 0 aromatic carbocycles. The Morgan fingerprint density at radius 3 is 2.67 bits per heavy atom. The predicted octanol–water partition coefficient (Wildman–Crippen LogP) is 1.49. The second kappa shape index (κ2) is 8.15. The highest BCUT2D eigenvalue weighted by Gasteiger charge is 2.16. The van der Waals surface area contributed by atoms with Gasteiger partial charge in [-0.25, -0.2) is 4.99 Å². The Balaban J connectivity index is 0.000000921. The van der Waals surface area contributed by atoms with Crippen LogP contribution in [0.3, 0.4) is 0 Å². The summed E-state index contributed by atoms with van der Waals surface area (Å²) in [5.74, 6) is 1.19. The van der Waals surface area contributed by atoms with Crippen LogP contribution in [0.4, 0.5) is 0 Å². The summed E-state index contributed by atoms with van der Waals surface area (Å²) in [5.41, 5.74) is 6.15. The quantitative estimate of drug-likeness (QED) is 0.746. The summed E-state index contributed by atoms with van der Waals surface area (Å²) >= 11 is 0. The van der Waals surface area contributed by atoms with Gasteiger partial charge in [-0.3, -0.25) is 0 Å². The number of ether oxygens (including phenoxy) is 1. The largest absolute Gasteiger partial charge is 0.476 e. The van der Waals surface area contributed by atoms with E-state index in [2.05, 4.69) is 17.2 Å². The van der Waals surface area contributed by atoms with Gasteiger partial charge in [-0.05, 0) is 6.42 Å². The van der Waals surface area contributed by atoms with Crippen molar-refractivity contribution >= 4 is 5.90 Å². The summed E-state index contributed by atoms with van der Waals surface area (Å²) in [6, 6.07) is 0. The molecule has 4 nitrogen and oxygen atoms in total. The van der Waals surface area contributed by atoms with Gasteiger partial charge in [0.05, 0.1) is 6.61 Å². The zero-order valence-electron chi connectivity index (χ0n) is 10.2. The van der Waals surface area contributed by atoms with Gasteiger partial charge in [0, 0.05) is 25.7 Å². The molecule has 88 valence electrons. The van der Waals surface area contributed by atoms with E-state index in [1.54, 1.807) is 7.05 Å². The lowest BCUT2D eigenvalue weighted by Crippen LogP contribution is -2.28. The number of rotatable bonds is 3. The molecule has 1 heterocycles. The third kappa shape index (κ3) is 4.23. The van der Waals surface area contributed by atoms with Crippen LogP contribution in [-0.2, 0) is 4.74 Å². The van der Waals surface area contributed by atoms with Crippen LogP contribution in [-0.4, -0.2) is 26.1 Å². The molecule has 3 N–H and O–H groups in total. The van der Waals surface area contributed by atoms with E-state index in [1.165, 1.54) is 6.20 Å². The van der Waals surface area contributed by atoms with E-state index >= 15 is 0 Å². The molecular formula is C11H23N3O. The third-order valence-electron chi connectivity index (χ3n) is 2.19. The SMILES string of the molecule is CC.CCC1CN=C(/C(=C\N)NC)OC1. The molecule has 1 atom stereocenters. The molecule has 4 heteroatoms. The lowest BCUT2D eigenvalue weighted by molar-refractivity contribution is 0.216. The number of nitrogens with one attached hydrogen (secondary N) is 1. The molecule has 0 radical (unpaired) electrons. The van der Waals surface area contributed by atoms with Crippen LogP contribution in [0.15, 0.2) is 16.9 Å². The topological polar surface area (TPSA) is 59.6 Å². The predicted molar refractivity (Wildman–Crippen MR) is 64.7 cm³/mol. The van der Waals surface area contributed by atoms with Gasteiger partial charge >= 0.3 is 0 Å². The summed E-state index contributed by atoms with van der Waals surface area (Å²) in [4.78, 5) is 4.31. The molecule has 0 aliphatic carbocycles. The molecule has 0 aromatic heterocycles. The second-order valence-corrected chi connectivity index (χ2v) is 3.06. The maximum Gasteiger partial charge on any atom is 0.234 e. The molecule has 0 amide bonds. The van der Waals surface area contributed by atoms with Crippen LogP contribution in [0.5, 0.6) is 0 Å². The first-order valence-corrected chi connectivity index (χ1v) is 5.59. The van der Waals surface area contributed by atoms with Crippen molar-refractivity contribution in [2.45, 2.75) is 27.2 Å². The number of nitrogens with zero attached hydrogens (tertiary/aromatic N) is 1. The highest BCUT2D eigenvalue weighted by atomic mass is 16.5. The first-order chi connectivity index (χ1) is 7.31. The van der Waals surface area contributed by atoms with Gasteiger partial charge < -0.3 is 15.8 Å². The van der Waals surface area contributed by atoms with E-state index in [0.717, 1.165) is 25.3 Å². The van der Waals surface area contributed by atoms with E-state index in [-0.39, 0.29) is 0 Å². The molecule has 0 saturated heterocycles. The molecule has 1 aliphatic rings.